The largest absolute Gasteiger partial charge is 0.453 e. The van der Waals surface area contributed by atoms with Crippen molar-refractivity contribution in [1.82, 2.24) is 0 Å². The van der Waals surface area contributed by atoms with Gasteiger partial charge in [-0.2, -0.15) is 0 Å². The van der Waals surface area contributed by atoms with Gasteiger partial charge < -0.3 is 4.74 Å². The van der Waals surface area contributed by atoms with Crippen molar-refractivity contribution in [3.8, 4) is 0 Å². The third kappa shape index (κ3) is 11.6. The molecule has 0 N–H and O–H groups in total. The first-order valence-electron chi connectivity index (χ1n) is 7.05. The van der Waals surface area contributed by atoms with Gasteiger partial charge in [-0.3, -0.25) is 0 Å². The number of hydrogen-bond acceptors (Lipinski definition) is 3. The van der Waals surface area contributed by atoms with Crippen molar-refractivity contribution < 1.29 is 9.53 Å². The summed E-state index contributed by atoms with van der Waals surface area (Å²) in [4.78, 5) is 11.2. The molecule has 0 amide bonds. The number of rotatable bonds is 11. The van der Waals surface area contributed by atoms with Crippen molar-refractivity contribution in [1.29, 1.82) is 0 Å². The molecule has 4 heteroatoms. The van der Waals surface area contributed by atoms with E-state index < -0.39 is 0 Å². The van der Waals surface area contributed by atoms with Gasteiger partial charge in [-0.15, -0.1) is 0 Å². The van der Waals surface area contributed by atoms with Crippen molar-refractivity contribution in [2.24, 2.45) is 0 Å². The third-order valence-corrected chi connectivity index (χ3v) is 4.39. The van der Waals surface area contributed by atoms with E-state index in [9.17, 15) is 4.79 Å². The number of unbranched alkanes of at least 4 members (excludes halogenated alkanes) is 7. The molecule has 0 saturated carbocycles. The van der Waals surface area contributed by atoms with Crippen LogP contribution < -0.4 is 0 Å². The highest BCUT2D eigenvalue weighted by Crippen LogP contribution is 2.15. The van der Waals surface area contributed by atoms with Gasteiger partial charge in [0.1, 0.15) is 6.10 Å². The number of halogens is 1. The average Bonchev–Trinajstić information content (AvgIpc) is 2.40. The Balaban J connectivity index is 3.37. The zero-order valence-corrected chi connectivity index (χ0v) is 14.7. The Morgan fingerprint density at radius 3 is 2.17 bits per heavy atom. The van der Waals surface area contributed by atoms with Crippen LogP contribution in [0.2, 0.25) is 0 Å². The van der Waals surface area contributed by atoms with Crippen molar-refractivity contribution >= 4 is 39.7 Å². The van der Waals surface area contributed by atoms with Crippen LogP contribution in [-0.2, 0) is 4.74 Å². The lowest BCUT2D eigenvalue weighted by Crippen LogP contribution is -2.16. The lowest BCUT2D eigenvalue weighted by molar-refractivity contribution is 0.130. The van der Waals surface area contributed by atoms with Crippen LogP contribution in [-0.4, -0.2) is 22.1 Å². The van der Waals surface area contributed by atoms with E-state index in [1.54, 1.807) is 6.26 Å². The molecule has 0 aromatic heterocycles. The maximum atomic E-state index is 11.2. The molecular weight excluding hydrogens is 359 g/mol. The average molecular weight is 386 g/mol. The fourth-order valence-corrected chi connectivity index (χ4v) is 2.71. The second-order valence-electron chi connectivity index (χ2n) is 4.61. The smallest absolute Gasteiger partial charge is 0.367 e. The monoisotopic (exact) mass is 386 g/mol. The minimum atomic E-state index is -0.142. The highest BCUT2D eigenvalue weighted by Gasteiger charge is 2.11. The number of alkyl halides is 1. The maximum Gasteiger partial charge on any atom is 0.367 e. The van der Waals surface area contributed by atoms with Crippen LogP contribution in [0, 0.1) is 0 Å². The predicted octanol–water partition coefficient (Wildman–Crippen LogP) is 5.82. The molecule has 0 saturated heterocycles. The SMILES string of the molecule is CCCCCCCCCCC(CI)OC(=O)SC. The van der Waals surface area contributed by atoms with Gasteiger partial charge in [0.05, 0.1) is 0 Å². The number of carbonyl (C=O) groups is 1. The molecule has 0 fully saturated rings. The van der Waals surface area contributed by atoms with Gasteiger partial charge in [-0.05, 0) is 30.9 Å². The van der Waals surface area contributed by atoms with Crippen molar-refractivity contribution in [3.63, 3.8) is 0 Å². The van der Waals surface area contributed by atoms with Gasteiger partial charge in [0, 0.05) is 4.43 Å². The first-order valence-corrected chi connectivity index (χ1v) is 9.80. The summed E-state index contributed by atoms with van der Waals surface area (Å²) in [5.74, 6) is 0. The van der Waals surface area contributed by atoms with Crippen LogP contribution in [0.5, 0.6) is 0 Å². The molecule has 0 aromatic rings. The summed E-state index contributed by atoms with van der Waals surface area (Å²) in [5, 5.41) is -0.142. The van der Waals surface area contributed by atoms with Gasteiger partial charge >= 0.3 is 5.30 Å². The summed E-state index contributed by atoms with van der Waals surface area (Å²) in [6.07, 6.45) is 13.5. The first-order chi connectivity index (χ1) is 8.74. The molecular formula is C14H27IO2S. The number of carbonyl (C=O) groups excluding carboxylic acids is 1. The summed E-state index contributed by atoms with van der Waals surface area (Å²) in [7, 11) is 0. The summed E-state index contributed by atoms with van der Waals surface area (Å²) < 4.78 is 6.23. The molecule has 0 bridgehead atoms. The Kier molecular flexibility index (Phi) is 14.4. The zero-order chi connectivity index (χ0) is 13.6. The third-order valence-electron chi connectivity index (χ3n) is 2.98. The first kappa shape index (κ1) is 18.6. The Morgan fingerprint density at radius 2 is 1.67 bits per heavy atom. The fourth-order valence-electron chi connectivity index (χ4n) is 1.86. The molecule has 0 aliphatic heterocycles. The molecule has 1 atom stereocenters. The standard InChI is InChI=1S/C14H27IO2S/c1-3-4-5-6-7-8-9-10-11-13(12-15)17-14(16)18-2/h13H,3-12H2,1-2H3. The highest BCUT2D eigenvalue weighted by molar-refractivity contribution is 14.1. The van der Waals surface area contributed by atoms with E-state index in [1.165, 1.54) is 51.4 Å². The molecule has 0 aromatic carbocycles. The highest BCUT2D eigenvalue weighted by atomic mass is 127. The van der Waals surface area contributed by atoms with Crippen LogP contribution >= 0.6 is 34.4 Å². The second kappa shape index (κ2) is 14.0. The summed E-state index contributed by atoms with van der Waals surface area (Å²) >= 11 is 3.46. The van der Waals surface area contributed by atoms with Crippen LogP contribution in [0.1, 0.15) is 64.7 Å². The van der Waals surface area contributed by atoms with E-state index in [0.717, 1.165) is 22.6 Å². The van der Waals surface area contributed by atoms with E-state index in [-0.39, 0.29) is 11.4 Å². The van der Waals surface area contributed by atoms with E-state index in [1.807, 2.05) is 0 Å². The number of ether oxygens (including phenoxy) is 1. The van der Waals surface area contributed by atoms with E-state index in [4.69, 9.17) is 4.74 Å². The van der Waals surface area contributed by atoms with Gasteiger partial charge in [-0.25, -0.2) is 4.79 Å². The summed E-state index contributed by atoms with van der Waals surface area (Å²) in [5.41, 5.74) is 0. The number of hydrogen-bond donors (Lipinski definition) is 0. The molecule has 0 spiro atoms. The molecule has 0 aliphatic rings. The van der Waals surface area contributed by atoms with E-state index in [0.29, 0.717) is 0 Å². The Morgan fingerprint density at radius 1 is 1.11 bits per heavy atom. The molecule has 0 rings (SSSR count). The number of thioether (sulfide) groups is 1. The van der Waals surface area contributed by atoms with Crippen molar-refractivity contribution in [2.45, 2.75) is 70.8 Å². The van der Waals surface area contributed by atoms with Gasteiger partial charge in [0.2, 0.25) is 0 Å². The lowest BCUT2D eigenvalue weighted by Gasteiger charge is -2.14. The molecule has 1 unspecified atom stereocenters. The Hall–Kier alpha value is 0.550. The summed E-state index contributed by atoms with van der Waals surface area (Å²) in [6.45, 7) is 2.25. The van der Waals surface area contributed by atoms with Crippen molar-refractivity contribution in [2.75, 3.05) is 10.7 Å². The zero-order valence-electron chi connectivity index (χ0n) is 11.8. The van der Waals surface area contributed by atoms with Crippen LogP contribution in [0.4, 0.5) is 4.79 Å². The maximum absolute atomic E-state index is 11.2. The quantitative estimate of drug-likeness (QED) is 0.194. The fraction of sp³-hybridized carbons (Fsp3) is 0.929. The van der Waals surface area contributed by atoms with Crippen LogP contribution in [0.3, 0.4) is 0 Å². The summed E-state index contributed by atoms with van der Waals surface area (Å²) in [6, 6.07) is 0. The van der Waals surface area contributed by atoms with Gasteiger partial charge in [-0.1, -0.05) is 74.5 Å². The Bertz CT molecular complexity index is 200. The predicted molar refractivity (Wildman–Crippen MR) is 89.9 cm³/mol. The van der Waals surface area contributed by atoms with Crippen LogP contribution in [0.25, 0.3) is 0 Å². The van der Waals surface area contributed by atoms with Gasteiger partial charge in [0.15, 0.2) is 0 Å². The van der Waals surface area contributed by atoms with Crippen molar-refractivity contribution in [3.05, 3.63) is 0 Å². The molecule has 108 valence electrons. The molecule has 0 heterocycles. The van der Waals surface area contributed by atoms with Gasteiger partial charge in [0.25, 0.3) is 0 Å². The molecule has 18 heavy (non-hydrogen) atoms. The lowest BCUT2D eigenvalue weighted by atomic mass is 10.1. The van der Waals surface area contributed by atoms with E-state index >= 15 is 0 Å². The minimum Gasteiger partial charge on any atom is -0.453 e. The Labute approximate surface area is 130 Å². The normalized spacial score (nSPS) is 12.4. The molecule has 2 nitrogen and oxygen atoms in total. The van der Waals surface area contributed by atoms with E-state index in [2.05, 4.69) is 29.5 Å². The second-order valence-corrected chi connectivity index (χ2v) is 6.23. The van der Waals surface area contributed by atoms with Crippen LogP contribution in [0.15, 0.2) is 0 Å². The molecule has 0 aliphatic carbocycles. The molecule has 0 radical (unpaired) electrons. The minimum absolute atomic E-state index is 0.116. The topological polar surface area (TPSA) is 26.3 Å².